The van der Waals surface area contributed by atoms with E-state index in [1.54, 1.807) is 12.2 Å². The zero-order chi connectivity index (χ0) is 7.82. The normalized spacial score (nSPS) is 12.3. The van der Waals surface area contributed by atoms with Crippen LogP contribution in [0.5, 0.6) is 0 Å². The van der Waals surface area contributed by atoms with E-state index in [1.807, 2.05) is 21.5 Å². The summed E-state index contributed by atoms with van der Waals surface area (Å²) < 4.78 is 3.94. The SMILES string of the molecule is C=CC=[CH][Rh]([Cl])[CH]=CC=C. The van der Waals surface area contributed by atoms with Crippen molar-refractivity contribution in [3.05, 3.63) is 46.8 Å². The quantitative estimate of drug-likeness (QED) is 0.526. The zero-order valence-electron chi connectivity index (χ0n) is 5.59. The van der Waals surface area contributed by atoms with Crippen molar-refractivity contribution in [1.82, 2.24) is 0 Å². The van der Waals surface area contributed by atoms with E-state index in [1.165, 1.54) is 0 Å². The van der Waals surface area contributed by atoms with Gasteiger partial charge in [0.1, 0.15) is 0 Å². The third-order valence-corrected chi connectivity index (χ3v) is 3.28. The van der Waals surface area contributed by atoms with Crippen molar-refractivity contribution >= 4 is 9.69 Å². The van der Waals surface area contributed by atoms with E-state index in [2.05, 4.69) is 13.2 Å². The topological polar surface area (TPSA) is 0 Å². The maximum absolute atomic E-state index is 5.90. The average Bonchev–Trinajstić information content (AvgIpc) is 1.97. The Labute approximate surface area is 71.5 Å². The molecular formula is C8H10ClRh. The molecule has 0 unspecified atom stereocenters. The molecular weight excluding hydrogens is 234 g/mol. The van der Waals surface area contributed by atoms with E-state index in [0.717, 1.165) is 0 Å². The predicted molar refractivity (Wildman–Crippen MR) is 44.5 cm³/mol. The summed E-state index contributed by atoms with van der Waals surface area (Å²) in [6.07, 6.45) is 7.18. The van der Waals surface area contributed by atoms with Crippen LogP contribution in [0.4, 0.5) is 0 Å². The number of hydrogen-bond donors (Lipinski definition) is 0. The van der Waals surface area contributed by atoms with Crippen LogP contribution in [0.1, 0.15) is 0 Å². The Morgan fingerprint density at radius 3 is 1.70 bits per heavy atom. The van der Waals surface area contributed by atoms with E-state index in [4.69, 9.17) is 9.69 Å². The van der Waals surface area contributed by atoms with Crippen molar-refractivity contribution in [3.8, 4) is 0 Å². The second-order valence-electron chi connectivity index (χ2n) is 1.34. The Kier molecular flexibility index (Phi) is 6.90. The molecule has 0 N–H and O–H groups in total. The maximum atomic E-state index is 5.90. The van der Waals surface area contributed by atoms with Crippen LogP contribution in [-0.2, 0) is 15.0 Å². The standard InChI is InChI=1S/2C4H5.ClH.Rh/c2*1-3-4-2;;/h2*1,3-4H,2H2;1H;/q;;;+1/p-1. The Morgan fingerprint density at radius 2 is 1.40 bits per heavy atom. The number of halogens is 1. The molecule has 0 radical (unpaired) electrons. The summed E-state index contributed by atoms with van der Waals surface area (Å²) >= 11 is -1.19. The fourth-order valence-corrected chi connectivity index (χ4v) is 2.05. The first kappa shape index (κ1) is 9.87. The Morgan fingerprint density at radius 1 is 1.00 bits per heavy atom. The number of rotatable bonds is 4. The summed E-state index contributed by atoms with van der Waals surface area (Å²) in [6.45, 7) is 7.09. The van der Waals surface area contributed by atoms with Gasteiger partial charge in [-0.1, -0.05) is 0 Å². The molecule has 0 bridgehead atoms. The van der Waals surface area contributed by atoms with E-state index >= 15 is 0 Å². The first-order chi connectivity index (χ1) is 4.81. The van der Waals surface area contributed by atoms with Crippen LogP contribution in [0.3, 0.4) is 0 Å². The van der Waals surface area contributed by atoms with Crippen molar-refractivity contribution in [2.75, 3.05) is 0 Å². The second-order valence-corrected chi connectivity index (χ2v) is 5.41. The second kappa shape index (κ2) is 6.99. The molecule has 0 fully saturated rings. The molecule has 0 saturated heterocycles. The molecule has 0 saturated carbocycles. The van der Waals surface area contributed by atoms with E-state index < -0.39 is 15.0 Å². The van der Waals surface area contributed by atoms with Gasteiger partial charge in [0.15, 0.2) is 0 Å². The van der Waals surface area contributed by atoms with Crippen LogP contribution in [0, 0.1) is 0 Å². The molecule has 58 valence electrons. The molecule has 0 aromatic rings. The van der Waals surface area contributed by atoms with Gasteiger partial charge in [-0.3, -0.25) is 0 Å². The Balaban J connectivity index is 3.72. The van der Waals surface area contributed by atoms with Crippen LogP contribution < -0.4 is 0 Å². The summed E-state index contributed by atoms with van der Waals surface area (Å²) in [6, 6.07) is 0. The molecule has 0 rings (SSSR count). The van der Waals surface area contributed by atoms with E-state index in [9.17, 15) is 0 Å². The molecule has 0 aromatic heterocycles. The summed E-state index contributed by atoms with van der Waals surface area (Å²) in [5.74, 6) is 0. The van der Waals surface area contributed by atoms with Gasteiger partial charge in [0.25, 0.3) is 0 Å². The van der Waals surface area contributed by atoms with Gasteiger partial charge in [-0.25, -0.2) is 0 Å². The molecule has 0 nitrogen and oxygen atoms in total. The average molecular weight is 245 g/mol. The van der Waals surface area contributed by atoms with Gasteiger partial charge in [-0.15, -0.1) is 0 Å². The first-order valence-corrected chi connectivity index (χ1v) is 6.66. The van der Waals surface area contributed by atoms with Gasteiger partial charge in [-0.2, -0.15) is 0 Å². The minimum absolute atomic E-state index is 1.19. The number of allylic oxidation sites excluding steroid dienone is 4. The van der Waals surface area contributed by atoms with Gasteiger partial charge >= 0.3 is 71.5 Å². The fraction of sp³-hybridized carbons (Fsp3) is 0. The zero-order valence-corrected chi connectivity index (χ0v) is 7.98. The fourth-order valence-electron chi connectivity index (χ4n) is 0.250. The summed E-state index contributed by atoms with van der Waals surface area (Å²) in [5.41, 5.74) is 0. The summed E-state index contributed by atoms with van der Waals surface area (Å²) in [5, 5.41) is 0. The molecule has 0 amide bonds. The first-order valence-electron chi connectivity index (χ1n) is 2.66. The van der Waals surface area contributed by atoms with Crippen molar-refractivity contribution in [3.63, 3.8) is 0 Å². The van der Waals surface area contributed by atoms with Crippen LogP contribution >= 0.6 is 9.69 Å². The molecule has 2 heteroatoms. The molecule has 10 heavy (non-hydrogen) atoms. The van der Waals surface area contributed by atoms with E-state index in [-0.39, 0.29) is 0 Å². The van der Waals surface area contributed by atoms with Crippen LogP contribution in [0.2, 0.25) is 0 Å². The van der Waals surface area contributed by atoms with Crippen molar-refractivity contribution in [2.45, 2.75) is 0 Å². The minimum atomic E-state index is -1.19. The monoisotopic (exact) mass is 244 g/mol. The van der Waals surface area contributed by atoms with Gasteiger partial charge in [0, 0.05) is 0 Å². The molecule has 0 aromatic carbocycles. The number of hydrogen-bond acceptors (Lipinski definition) is 0. The third-order valence-electron chi connectivity index (χ3n) is 0.613. The Hall–Kier alpha value is -0.127. The predicted octanol–water partition coefficient (Wildman–Crippen LogP) is 3.16. The summed E-state index contributed by atoms with van der Waals surface area (Å²) in [4.78, 5) is 0. The van der Waals surface area contributed by atoms with Gasteiger partial charge in [0.2, 0.25) is 0 Å². The molecule has 0 aliphatic carbocycles. The third kappa shape index (κ3) is 6.00. The van der Waals surface area contributed by atoms with Crippen LogP contribution in [-0.4, -0.2) is 0 Å². The van der Waals surface area contributed by atoms with Crippen LogP contribution in [0.25, 0.3) is 0 Å². The molecule has 0 aliphatic rings. The Bertz CT molecular complexity index is 141. The molecule has 0 aliphatic heterocycles. The van der Waals surface area contributed by atoms with Gasteiger partial charge < -0.3 is 0 Å². The van der Waals surface area contributed by atoms with Gasteiger partial charge in [0.05, 0.1) is 0 Å². The van der Waals surface area contributed by atoms with Crippen molar-refractivity contribution < 1.29 is 15.0 Å². The van der Waals surface area contributed by atoms with Crippen LogP contribution in [0.15, 0.2) is 46.8 Å². The summed E-state index contributed by atoms with van der Waals surface area (Å²) in [7, 11) is 5.90. The van der Waals surface area contributed by atoms with E-state index in [0.29, 0.717) is 0 Å². The molecule has 0 heterocycles. The van der Waals surface area contributed by atoms with Crippen molar-refractivity contribution in [1.29, 1.82) is 0 Å². The molecule has 0 spiro atoms. The van der Waals surface area contributed by atoms with Gasteiger partial charge in [-0.05, 0) is 0 Å². The van der Waals surface area contributed by atoms with Crippen molar-refractivity contribution in [2.24, 2.45) is 0 Å². The molecule has 0 atom stereocenters.